The Balaban J connectivity index is 1.60. The van der Waals surface area contributed by atoms with E-state index in [1.54, 1.807) is 4.68 Å². The van der Waals surface area contributed by atoms with Crippen LogP contribution in [0.2, 0.25) is 0 Å². The van der Waals surface area contributed by atoms with Crippen molar-refractivity contribution in [3.05, 3.63) is 29.6 Å². The second-order valence-electron chi connectivity index (χ2n) is 7.24. The number of aromatic nitrogens is 3. The smallest absolute Gasteiger partial charge is 0.276 e. The molecule has 0 bridgehead atoms. The largest absolute Gasteiger partial charge is 0.486 e. The lowest BCUT2D eigenvalue weighted by molar-refractivity contribution is 0.0635. The first-order valence-electron chi connectivity index (χ1n) is 10.0. The van der Waals surface area contributed by atoms with E-state index in [4.69, 9.17) is 9.47 Å². The van der Waals surface area contributed by atoms with Gasteiger partial charge in [0.25, 0.3) is 5.91 Å². The normalized spacial score (nSPS) is 16.8. The number of nitrogens with one attached hydrogen (secondary N) is 1. The Morgan fingerprint density at radius 3 is 2.75 bits per heavy atom. The summed E-state index contributed by atoms with van der Waals surface area (Å²) in [7, 11) is 0. The van der Waals surface area contributed by atoms with Crippen molar-refractivity contribution >= 4 is 5.91 Å². The molecule has 0 unspecified atom stereocenters. The van der Waals surface area contributed by atoms with Gasteiger partial charge in [0.15, 0.2) is 17.2 Å². The Bertz CT molecular complexity index is 844. The topological polar surface area (TPSA) is 81.5 Å². The van der Waals surface area contributed by atoms with E-state index in [0.717, 1.165) is 56.0 Å². The highest BCUT2D eigenvalue weighted by atomic mass is 16.6. The lowest BCUT2D eigenvalue weighted by Crippen LogP contribution is -2.46. The zero-order chi connectivity index (χ0) is 19.5. The molecule has 150 valence electrons. The number of hydrogen-bond donors (Lipinski definition) is 1. The Labute approximate surface area is 164 Å². The van der Waals surface area contributed by atoms with Crippen LogP contribution in [0.15, 0.2) is 18.2 Å². The molecule has 8 nitrogen and oxygen atoms in total. The van der Waals surface area contributed by atoms with Crippen molar-refractivity contribution in [1.29, 1.82) is 0 Å². The zero-order valence-electron chi connectivity index (χ0n) is 16.5. The number of carbonyl (C=O) groups excluding carboxylic acids is 1. The Hall–Kier alpha value is -2.61. The Morgan fingerprint density at radius 2 is 2.00 bits per heavy atom. The molecule has 0 atom stereocenters. The summed E-state index contributed by atoms with van der Waals surface area (Å²) in [5.41, 5.74) is 1.95. The first-order chi connectivity index (χ1) is 13.7. The van der Waals surface area contributed by atoms with Crippen molar-refractivity contribution < 1.29 is 14.3 Å². The highest BCUT2D eigenvalue weighted by Gasteiger charge is 2.29. The van der Waals surface area contributed by atoms with Crippen LogP contribution in [0.25, 0.3) is 5.69 Å². The quantitative estimate of drug-likeness (QED) is 0.847. The third-order valence-electron chi connectivity index (χ3n) is 5.34. The molecular weight excluding hydrogens is 358 g/mol. The number of ether oxygens (including phenoxy) is 2. The van der Waals surface area contributed by atoms with E-state index < -0.39 is 0 Å². The molecular formula is C20H27N5O3. The van der Waals surface area contributed by atoms with Crippen LogP contribution in [0.1, 0.15) is 42.4 Å². The van der Waals surface area contributed by atoms with E-state index in [9.17, 15) is 4.79 Å². The van der Waals surface area contributed by atoms with Crippen molar-refractivity contribution in [2.75, 3.05) is 32.8 Å². The van der Waals surface area contributed by atoms with Gasteiger partial charge in [0.05, 0.1) is 11.4 Å². The van der Waals surface area contributed by atoms with E-state index in [0.29, 0.717) is 24.7 Å². The van der Waals surface area contributed by atoms with Gasteiger partial charge in [-0.15, -0.1) is 5.10 Å². The summed E-state index contributed by atoms with van der Waals surface area (Å²) in [5.74, 6) is 1.38. The standard InChI is InChI=1S/C20H27N5O3/c1-3-10-24(15-6-8-21-9-7-15)20(26)19-14(2)25(23-22-19)16-4-5-17-18(13-16)28-12-11-27-17/h4-5,13,15,21H,3,6-12H2,1-2H3. The summed E-state index contributed by atoms with van der Waals surface area (Å²) in [4.78, 5) is 15.3. The van der Waals surface area contributed by atoms with Gasteiger partial charge in [0, 0.05) is 18.7 Å². The first-order valence-corrected chi connectivity index (χ1v) is 10.0. The summed E-state index contributed by atoms with van der Waals surface area (Å²) in [5, 5.41) is 11.9. The number of benzene rings is 1. The van der Waals surface area contributed by atoms with Gasteiger partial charge in [-0.2, -0.15) is 0 Å². The van der Waals surface area contributed by atoms with Crippen molar-refractivity contribution in [1.82, 2.24) is 25.2 Å². The van der Waals surface area contributed by atoms with Gasteiger partial charge in [0.2, 0.25) is 0 Å². The van der Waals surface area contributed by atoms with Crippen molar-refractivity contribution in [3.63, 3.8) is 0 Å². The van der Waals surface area contributed by atoms with Crippen LogP contribution in [-0.4, -0.2) is 64.7 Å². The maximum absolute atomic E-state index is 13.3. The van der Waals surface area contributed by atoms with Crippen molar-refractivity contribution in [2.45, 2.75) is 39.2 Å². The number of hydrogen-bond acceptors (Lipinski definition) is 6. The summed E-state index contributed by atoms with van der Waals surface area (Å²) >= 11 is 0. The van der Waals surface area contributed by atoms with Gasteiger partial charge < -0.3 is 19.7 Å². The summed E-state index contributed by atoms with van der Waals surface area (Å²) in [6, 6.07) is 5.90. The van der Waals surface area contributed by atoms with Gasteiger partial charge in [-0.25, -0.2) is 4.68 Å². The average molecular weight is 385 g/mol. The van der Waals surface area contributed by atoms with E-state index in [-0.39, 0.29) is 11.9 Å². The molecule has 1 N–H and O–H groups in total. The monoisotopic (exact) mass is 385 g/mol. The Kier molecular flexibility index (Phi) is 5.47. The lowest BCUT2D eigenvalue weighted by atomic mass is 10.0. The third kappa shape index (κ3) is 3.56. The van der Waals surface area contributed by atoms with E-state index in [1.807, 2.05) is 30.0 Å². The highest BCUT2D eigenvalue weighted by molar-refractivity contribution is 5.93. The fourth-order valence-electron chi connectivity index (χ4n) is 3.88. The molecule has 1 aromatic heterocycles. The third-order valence-corrected chi connectivity index (χ3v) is 5.34. The maximum atomic E-state index is 13.3. The SMILES string of the molecule is CCCN(C(=O)c1nnn(-c2ccc3c(c2)OCCO3)c1C)C1CCNCC1. The predicted molar refractivity (Wildman–Crippen MR) is 104 cm³/mol. The molecule has 2 aromatic rings. The second kappa shape index (κ2) is 8.18. The van der Waals surface area contributed by atoms with Gasteiger partial charge in [0.1, 0.15) is 13.2 Å². The summed E-state index contributed by atoms with van der Waals surface area (Å²) in [6.45, 7) is 7.69. The molecule has 28 heavy (non-hydrogen) atoms. The fraction of sp³-hybridized carbons (Fsp3) is 0.550. The summed E-state index contributed by atoms with van der Waals surface area (Å²) < 4.78 is 12.9. The fourth-order valence-corrected chi connectivity index (χ4v) is 3.88. The minimum absolute atomic E-state index is 0.0324. The molecule has 2 aliphatic heterocycles. The zero-order valence-corrected chi connectivity index (χ0v) is 16.5. The average Bonchev–Trinajstić information content (AvgIpc) is 3.13. The minimum Gasteiger partial charge on any atom is -0.486 e. The summed E-state index contributed by atoms with van der Waals surface area (Å²) in [6.07, 6.45) is 2.87. The van der Waals surface area contributed by atoms with Crippen LogP contribution >= 0.6 is 0 Å². The van der Waals surface area contributed by atoms with Crippen LogP contribution < -0.4 is 14.8 Å². The number of fused-ring (bicyclic) bond motifs is 1. The Morgan fingerprint density at radius 1 is 1.25 bits per heavy atom. The molecule has 0 aliphatic carbocycles. The predicted octanol–water partition coefficient (Wildman–Crippen LogP) is 1.95. The second-order valence-corrected chi connectivity index (χ2v) is 7.24. The molecule has 1 saturated heterocycles. The molecule has 0 radical (unpaired) electrons. The molecule has 8 heteroatoms. The lowest BCUT2D eigenvalue weighted by Gasteiger charge is -2.34. The highest BCUT2D eigenvalue weighted by Crippen LogP contribution is 2.32. The number of carbonyl (C=O) groups is 1. The molecule has 2 aliphatic rings. The van der Waals surface area contributed by atoms with Crippen LogP contribution in [0.4, 0.5) is 0 Å². The van der Waals surface area contributed by atoms with Gasteiger partial charge in [-0.3, -0.25) is 4.79 Å². The van der Waals surface area contributed by atoms with Gasteiger partial charge in [-0.05, 0) is 51.4 Å². The number of nitrogens with zero attached hydrogens (tertiary/aromatic N) is 4. The number of rotatable bonds is 5. The van der Waals surface area contributed by atoms with Crippen LogP contribution in [0, 0.1) is 6.92 Å². The molecule has 1 aromatic carbocycles. The molecule has 0 spiro atoms. The molecule has 1 amide bonds. The molecule has 0 saturated carbocycles. The maximum Gasteiger partial charge on any atom is 0.276 e. The number of amides is 1. The molecule has 1 fully saturated rings. The van der Waals surface area contributed by atoms with Crippen molar-refractivity contribution in [2.24, 2.45) is 0 Å². The molecule has 4 rings (SSSR count). The molecule has 3 heterocycles. The first kappa shape index (κ1) is 18.7. The van der Waals surface area contributed by atoms with Crippen LogP contribution in [-0.2, 0) is 0 Å². The van der Waals surface area contributed by atoms with Crippen molar-refractivity contribution in [3.8, 4) is 17.2 Å². The van der Waals surface area contributed by atoms with Crippen LogP contribution in [0.5, 0.6) is 11.5 Å². The van der Waals surface area contributed by atoms with E-state index in [2.05, 4.69) is 22.6 Å². The van der Waals surface area contributed by atoms with E-state index in [1.165, 1.54) is 0 Å². The minimum atomic E-state index is -0.0324. The van der Waals surface area contributed by atoms with Gasteiger partial charge in [-0.1, -0.05) is 12.1 Å². The van der Waals surface area contributed by atoms with E-state index >= 15 is 0 Å². The number of piperidine rings is 1. The van der Waals surface area contributed by atoms with Crippen LogP contribution in [0.3, 0.4) is 0 Å². The van der Waals surface area contributed by atoms with Gasteiger partial charge >= 0.3 is 0 Å².